The van der Waals surface area contributed by atoms with Crippen LogP contribution in [0.25, 0.3) is 0 Å². The molecule has 0 aromatic heterocycles. The van der Waals surface area contributed by atoms with Crippen molar-refractivity contribution in [1.29, 1.82) is 5.16 Å². The Hall–Kier alpha value is 4.50. The minimum Gasteiger partial charge on any atom is -0.226 e. The second-order valence-corrected chi connectivity index (χ2v) is 40.0. The molecule has 0 aliphatic heterocycles. The van der Waals surface area contributed by atoms with Gasteiger partial charge in [-0.15, -0.1) is 40.9 Å². The van der Waals surface area contributed by atoms with E-state index in [1.54, 1.807) is 0 Å². The number of nitrogens with one attached hydrogen (secondary N) is 1. The highest BCUT2D eigenvalue weighted by molar-refractivity contribution is 8.97. The summed E-state index contributed by atoms with van der Waals surface area (Å²) in [5.41, 5.74) is 0. The number of rotatable bonds is 5. The van der Waals surface area contributed by atoms with Crippen LogP contribution in [0.5, 0.6) is 0 Å². The van der Waals surface area contributed by atoms with Crippen molar-refractivity contribution in [3.05, 3.63) is 0 Å². The van der Waals surface area contributed by atoms with Gasteiger partial charge in [-0.05, 0) is 22.9 Å². The van der Waals surface area contributed by atoms with E-state index >= 15 is 0 Å². The smallest absolute Gasteiger partial charge is 0.226 e. The Morgan fingerprint density at radius 1 is 1.07 bits per heavy atom. The summed E-state index contributed by atoms with van der Waals surface area (Å²) in [6.07, 6.45) is 0. The highest BCUT2D eigenvalue weighted by Gasteiger charge is 2.19. The summed E-state index contributed by atoms with van der Waals surface area (Å²) in [5, 5.41) is 7.61. The maximum atomic E-state index is 7.61. The molecule has 0 aliphatic rings. The maximum Gasteiger partial charge on any atom is 0.239 e. The van der Waals surface area contributed by atoms with Crippen molar-refractivity contribution in [2.75, 3.05) is 0 Å². The largest absolute Gasteiger partial charge is 0.239 e. The van der Waals surface area contributed by atoms with Crippen LogP contribution in [0.2, 0.25) is 0 Å². The van der Waals surface area contributed by atoms with E-state index in [-0.39, 0.29) is 28.4 Å². The highest BCUT2D eigenvalue weighted by atomic mass is 33.0. The van der Waals surface area contributed by atoms with Crippen LogP contribution in [-0.2, 0) is 0 Å². The lowest BCUT2D eigenvalue weighted by molar-refractivity contribution is 1.65. The average molecular weight is 413 g/mol. The normalized spacial score (nSPS) is 15.9. The molecule has 14 heteroatoms. The molecule has 0 radical (unpaired) electrons. The fourth-order valence-corrected chi connectivity index (χ4v) is 45.1. The second kappa shape index (κ2) is 10.3. The minimum absolute atomic E-state index is 0.101. The quantitative estimate of drug-likeness (QED) is 0.451. The Bertz CT molecular complexity index is 196. The second-order valence-electron chi connectivity index (χ2n) is 1.87. The van der Waals surface area contributed by atoms with E-state index in [4.69, 9.17) is 9.68 Å². The molecule has 0 aromatic carbocycles. The molecule has 8 unspecified atom stereocenters. The monoisotopic (exact) mass is 413 g/mol. The standard InChI is InChI=1S/H13N2P12/c1-10(3)14(8)9-2-11(12(4)5)13(6)7/h1H,3-8H2/q+1. The summed E-state index contributed by atoms with van der Waals surface area (Å²) in [6, 6.07) is 0. The number of nitrogens with zero attached hydrogens (tertiary/aromatic N) is 1. The van der Waals surface area contributed by atoms with Crippen LogP contribution >= 0.6 is 97.1 Å². The molecule has 14 heavy (non-hydrogen) atoms. The lowest BCUT2D eigenvalue weighted by Gasteiger charge is -2.18. The average Bonchev–Trinajstić information content (AvgIpc) is 2.02. The molecule has 0 fully saturated rings. The summed E-state index contributed by atoms with van der Waals surface area (Å²) in [6.45, 7) is -0.508. The van der Waals surface area contributed by atoms with Gasteiger partial charge in [-0.25, -0.2) is 4.52 Å². The fraction of sp³-hybridized carbons (Fsp3) is 0. The topological polar surface area (TPSA) is 36.2 Å². The molecule has 82 valence electrons. The third kappa shape index (κ3) is 8.58. The molecule has 1 N–H and O–H groups in total. The van der Waals surface area contributed by atoms with Gasteiger partial charge in [0.2, 0.25) is 14.1 Å². The molecule has 2 nitrogen and oxygen atoms in total. The van der Waals surface area contributed by atoms with Crippen molar-refractivity contribution in [3.8, 4) is 0 Å². The van der Waals surface area contributed by atoms with Gasteiger partial charge in [0.1, 0.15) is 8.93 Å². The van der Waals surface area contributed by atoms with E-state index < -0.39 is 7.09 Å². The van der Waals surface area contributed by atoms with Gasteiger partial charge >= 0.3 is 0 Å². The van der Waals surface area contributed by atoms with Crippen molar-refractivity contribution in [1.82, 2.24) is 0 Å². The van der Waals surface area contributed by atoms with Crippen molar-refractivity contribution >= 4 is 97.1 Å². The molecule has 0 bridgehead atoms. The Balaban J connectivity index is 4.36. The lowest BCUT2D eigenvalue weighted by Crippen LogP contribution is -1.40. The van der Waals surface area contributed by atoms with Crippen LogP contribution in [0.1, 0.15) is 0 Å². The van der Waals surface area contributed by atoms with E-state index in [1.165, 1.54) is 0 Å². The van der Waals surface area contributed by atoms with Crippen molar-refractivity contribution in [2.45, 2.75) is 0 Å². The molecule has 0 aliphatic carbocycles. The van der Waals surface area contributed by atoms with E-state index in [1.807, 2.05) is 0 Å². The third-order valence-electron chi connectivity index (χ3n) is 0.846. The molecule has 0 saturated carbocycles. The first-order chi connectivity index (χ1) is 6.36. The van der Waals surface area contributed by atoms with Gasteiger partial charge in [-0.1, -0.05) is 0 Å². The summed E-state index contributed by atoms with van der Waals surface area (Å²) < 4.78 is 4.75. The van der Waals surface area contributed by atoms with E-state index in [0.29, 0.717) is 0 Å². The Morgan fingerprint density at radius 2 is 1.50 bits per heavy atom. The molecule has 0 spiro atoms. The highest BCUT2D eigenvalue weighted by Crippen LogP contribution is 2.99. The van der Waals surface area contributed by atoms with E-state index in [9.17, 15) is 0 Å². The SMILES string of the molecule is N=[P+](P)P(P)P=NP(P(P)P)P(P)P. The lowest BCUT2D eigenvalue weighted by atomic mass is 13.9. The van der Waals surface area contributed by atoms with Gasteiger partial charge < -0.3 is 0 Å². The van der Waals surface area contributed by atoms with Crippen LogP contribution in [0.15, 0.2) is 4.52 Å². The molecule has 0 aromatic rings. The summed E-state index contributed by atoms with van der Waals surface area (Å²) in [4.78, 5) is 0. The third-order valence-corrected chi connectivity index (χ3v) is 40.4. The Labute approximate surface area is 106 Å². The molecule has 0 saturated heterocycles. The van der Waals surface area contributed by atoms with Gasteiger partial charge in [0.25, 0.3) is 0 Å². The predicted octanol–water partition coefficient (Wildman–Crippen LogP) is 7.60. The van der Waals surface area contributed by atoms with Gasteiger partial charge in [0, 0.05) is 0 Å². The molecule has 0 rings (SSSR count). The van der Waals surface area contributed by atoms with Crippen molar-refractivity contribution in [3.63, 3.8) is 0 Å². The van der Waals surface area contributed by atoms with Crippen LogP contribution < -0.4 is 0 Å². The van der Waals surface area contributed by atoms with Crippen LogP contribution in [0, 0.1) is 5.16 Å². The van der Waals surface area contributed by atoms with Crippen molar-refractivity contribution in [2.24, 2.45) is 4.52 Å². The van der Waals surface area contributed by atoms with Gasteiger partial charge in [0.15, 0.2) is 0 Å². The summed E-state index contributed by atoms with van der Waals surface area (Å²) in [5.74, 6) is 0. The molecular weight excluding hydrogens is 400 g/mol. The summed E-state index contributed by atoms with van der Waals surface area (Å²) in [7, 11) is 17.1. The molecule has 8 atom stereocenters. The number of hydrogen-bond donors (Lipinski definition) is 1. The zero-order valence-corrected chi connectivity index (χ0v) is 19.4. The zero-order chi connectivity index (χ0) is 11.3. The summed E-state index contributed by atoms with van der Waals surface area (Å²) >= 11 is 0. The first-order valence-corrected chi connectivity index (χ1v) is 23.0. The molecule has 0 heterocycles. The zero-order valence-electron chi connectivity index (χ0n) is 7.09. The predicted molar refractivity (Wildman–Crippen MR) is 105 cm³/mol. The van der Waals surface area contributed by atoms with Crippen LogP contribution in [-0.4, -0.2) is 0 Å². The van der Waals surface area contributed by atoms with Crippen LogP contribution in [0.3, 0.4) is 0 Å². The van der Waals surface area contributed by atoms with E-state index in [0.717, 1.165) is 8.06 Å². The maximum absolute atomic E-state index is 7.61. The number of hydrogen-bond acceptors (Lipinski definition) is 2. The fourth-order valence-electron chi connectivity index (χ4n) is 0.331. The Kier molecular flexibility index (Phi) is 13.6. The first kappa shape index (κ1) is 18.5. The van der Waals surface area contributed by atoms with Gasteiger partial charge in [-0.3, -0.25) is 0 Å². The Morgan fingerprint density at radius 3 is 1.79 bits per heavy atom. The van der Waals surface area contributed by atoms with Gasteiger partial charge in [-0.2, -0.15) is 0 Å². The first-order valence-electron chi connectivity index (χ1n) is 2.97. The molecular formula is H13N2P12+. The van der Waals surface area contributed by atoms with Crippen molar-refractivity contribution < 1.29 is 0 Å². The van der Waals surface area contributed by atoms with Gasteiger partial charge in [0.05, 0.1) is 15.5 Å². The molecule has 0 amide bonds. The minimum atomic E-state index is -0.645. The van der Waals surface area contributed by atoms with Crippen LogP contribution in [0.4, 0.5) is 0 Å². The van der Waals surface area contributed by atoms with E-state index in [2.05, 4.69) is 53.6 Å².